The third-order valence-corrected chi connectivity index (χ3v) is 4.31. The third-order valence-electron chi connectivity index (χ3n) is 3.75. The van der Waals surface area contributed by atoms with Crippen LogP contribution < -0.4 is 5.56 Å². The first-order valence-corrected chi connectivity index (χ1v) is 7.39. The van der Waals surface area contributed by atoms with E-state index in [4.69, 9.17) is 9.47 Å². The first kappa shape index (κ1) is 15.3. The van der Waals surface area contributed by atoms with E-state index in [9.17, 15) is 9.59 Å². The van der Waals surface area contributed by atoms with Gasteiger partial charge in [-0.1, -0.05) is 0 Å². The molecule has 0 amide bonds. The molecule has 1 aromatic heterocycles. The molecule has 1 aliphatic rings. The highest BCUT2D eigenvalue weighted by Gasteiger charge is 2.25. The molecule has 2 atom stereocenters. The largest absolute Gasteiger partial charge is 0.465 e. The summed E-state index contributed by atoms with van der Waals surface area (Å²) in [5.41, 5.74) is 0.248. The minimum absolute atomic E-state index is 0.0575. The van der Waals surface area contributed by atoms with Gasteiger partial charge in [0.1, 0.15) is 0 Å². The Kier molecular flexibility index (Phi) is 4.99. The number of methoxy groups -OCH3 is 2. The predicted octanol–water partition coefficient (Wildman–Crippen LogP) is 2.53. The number of esters is 1. The Bertz CT molecular complexity index is 555. The van der Waals surface area contributed by atoms with Crippen LogP contribution in [0, 0.1) is 0 Å². The molecule has 0 spiro atoms. The molecule has 0 aromatic carbocycles. The maximum absolute atomic E-state index is 12.2. The normalized spacial score (nSPS) is 22.6. The highest BCUT2D eigenvalue weighted by Crippen LogP contribution is 2.29. The highest BCUT2D eigenvalue weighted by atomic mass is 79.9. The Morgan fingerprint density at radius 1 is 1.40 bits per heavy atom. The second-order valence-corrected chi connectivity index (χ2v) is 5.81. The van der Waals surface area contributed by atoms with Crippen LogP contribution in [0.4, 0.5) is 0 Å². The lowest BCUT2D eigenvalue weighted by Gasteiger charge is -2.29. The molecule has 2 rings (SSSR count). The van der Waals surface area contributed by atoms with Crippen LogP contribution >= 0.6 is 15.9 Å². The molecule has 1 saturated carbocycles. The van der Waals surface area contributed by atoms with Gasteiger partial charge in [-0.15, -0.1) is 0 Å². The minimum Gasteiger partial charge on any atom is -0.465 e. The summed E-state index contributed by atoms with van der Waals surface area (Å²) in [5, 5.41) is 0. The zero-order valence-corrected chi connectivity index (χ0v) is 13.2. The molecule has 0 bridgehead atoms. The van der Waals surface area contributed by atoms with Crippen LogP contribution in [0.15, 0.2) is 21.5 Å². The van der Waals surface area contributed by atoms with Gasteiger partial charge in [0.05, 0.1) is 23.2 Å². The number of carbonyl (C=O) groups is 1. The number of aromatic nitrogens is 1. The first-order valence-electron chi connectivity index (χ1n) is 6.59. The number of carbonyl (C=O) groups excluding carboxylic acids is 1. The van der Waals surface area contributed by atoms with E-state index in [-0.39, 0.29) is 17.7 Å². The molecule has 2 unspecified atom stereocenters. The van der Waals surface area contributed by atoms with Crippen LogP contribution in [0.1, 0.15) is 42.1 Å². The first-order chi connectivity index (χ1) is 9.56. The molecule has 1 fully saturated rings. The Balaban J connectivity index is 2.37. The molecule has 20 heavy (non-hydrogen) atoms. The van der Waals surface area contributed by atoms with Crippen molar-refractivity contribution in [1.82, 2.24) is 4.57 Å². The van der Waals surface area contributed by atoms with E-state index in [0.29, 0.717) is 10.0 Å². The van der Waals surface area contributed by atoms with Gasteiger partial charge in [-0.2, -0.15) is 0 Å². The summed E-state index contributed by atoms with van der Waals surface area (Å²) >= 11 is 3.22. The van der Waals surface area contributed by atoms with Gasteiger partial charge in [-0.05, 0) is 47.7 Å². The molecule has 0 N–H and O–H groups in total. The third kappa shape index (κ3) is 3.12. The SMILES string of the molecule is COC(=O)c1cc(Br)c(=O)n(C2CCCC(OC)C2)c1. The van der Waals surface area contributed by atoms with Crippen molar-refractivity contribution in [3.8, 4) is 0 Å². The molecule has 0 aliphatic heterocycles. The van der Waals surface area contributed by atoms with Crippen LogP contribution in [-0.4, -0.2) is 30.9 Å². The fourth-order valence-corrected chi connectivity index (χ4v) is 3.11. The molecule has 1 heterocycles. The van der Waals surface area contributed by atoms with Crippen LogP contribution in [0.25, 0.3) is 0 Å². The van der Waals surface area contributed by atoms with Gasteiger partial charge in [0, 0.05) is 19.3 Å². The Hall–Kier alpha value is -1.14. The topological polar surface area (TPSA) is 57.5 Å². The molecule has 0 saturated heterocycles. The van der Waals surface area contributed by atoms with E-state index in [0.717, 1.165) is 25.7 Å². The van der Waals surface area contributed by atoms with Crippen molar-refractivity contribution >= 4 is 21.9 Å². The lowest BCUT2D eigenvalue weighted by Crippen LogP contribution is -2.31. The second kappa shape index (κ2) is 6.54. The van der Waals surface area contributed by atoms with Gasteiger partial charge >= 0.3 is 5.97 Å². The molecule has 1 aromatic rings. The van der Waals surface area contributed by atoms with E-state index in [2.05, 4.69) is 15.9 Å². The smallest absolute Gasteiger partial charge is 0.339 e. The Morgan fingerprint density at radius 3 is 2.80 bits per heavy atom. The molecular weight excluding hydrogens is 326 g/mol. The van der Waals surface area contributed by atoms with Gasteiger partial charge in [-0.3, -0.25) is 4.79 Å². The maximum atomic E-state index is 12.2. The lowest BCUT2D eigenvalue weighted by molar-refractivity contribution is 0.0520. The van der Waals surface area contributed by atoms with E-state index in [1.54, 1.807) is 17.9 Å². The van der Waals surface area contributed by atoms with Crippen molar-refractivity contribution in [2.75, 3.05) is 14.2 Å². The van der Waals surface area contributed by atoms with Gasteiger partial charge in [-0.25, -0.2) is 4.79 Å². The van der Waals surface area contributed by atoms with E-state index in [1.165, 1.54) is 13.2 Å². The monoisotopic (exact) mass is 343 g/mol. The van der Waals surface area contributed by atoms with Crippen molar-refractivity contribution in [2.24, 2.45) is 0 Å². The zero-order chi connectivity index (χ0) is 14.7. The highest BCUT2D eigenvalue weighted by molar-refractivity contribution is 9.10. The summed E-state index contributed by atoms with van der Waals surface area (Å²) in [7, 11) is 3.02. The van der Waals surface area contributed by atoms with E-state index < -0.39 is 5.97 Å². The molecule has 0 radical (unpaired) electrons. The number of pyridine rings is 1. The van der Waals surface area contributed by atoms with Crippen molar-refractivity contribution in [3.63, 3.8) is 0 Å². The Labute approximate surface area is 126 Å². The van der Waals surface area contributed by atoms with Crippen LogP contribution in [-0.2, 0) is 9.47 Å². The second-order valence-electron chi connectivity index (χ2n) is 4.96. The predicted molar refractivity (Wildman–Crippen MR) is 78.0 cm³/mol. The van der Waals surface area contributed by atoms with E-state index in [1.807, 2.05) is 0 Å². The van der Waals surface area contributed by atoms with E-state index >= 15 is 0 Å². The quantitative estimate of drug-likeness (QED) is 0.791. The molecule has 110 valence electrons. The van der Waals surface area contributed by atoms with Crippen molar-refractivity contribution < 1.29 is 14.3 Å². The number of ether oxygens (including phenoxy) is 2. The molecule has 6 heteroatoms. The maximum Gasteiger partial charge on any atom is 0.339 e. The summed E-state index contributed by atoms with van der Waals surface area (Å²) < 4.78 is 12.1. The van der Waals surface area contributed by atoms with Crippen molar-refractivity contribution in [2.45, 2.75) is 37.8 Å². The summed E-state index contributed by atoms with van der Waals surface area (Å²) in [4.78, 5) is 23.9. The summed E-state index contributed by atoms with van der Waals surface area (Å²) in [6.07, 6.45) is 5.47. The fourth-order valence-electron chi connectivity index (χ4n) is 2.66. The molecule has 5 nitrogen and oxygen atoms in total. The number of hydrogen-bond acceptors (Lipinski definition) is 4. The van der Waals surface area contributed by atoms with Gasteiger partial charge in [0.15, 0.2) is 0 Å². The van der Waals surface area contributed by atoms with Crippen LogP contribution in [0.2, 0.25) is 0 Å². The lowest BCUT2D eigenvalue weighted by atomic mass is 9.92. The zero-order valence-electron chi connectivity index (χ0n) is 11.6. The standard InChI is InChI=1S/C14H18BrNO4/c1-19-11-5-3-4-10(7-11)16-8-9(14(18)20-2)6-12(15)13(16)17/h6,8,10-11H,3-5,7H2,1-2H3. The Morgan fingerprint density at radius 2 is 2.15 bits per heavy atom. The summed E-state index contributed by atoms with van der Waals surface area (Å²) in [5.74, 6) is -0.446. The number of halogens is 1. The molecular formula is C14H18BrNO4. The summed E-state index contributed by atoms with van der Waals surface area (Å²) in [6.45, 7) is 0. The van der Waals surface area contributed by atoms with Crippen molar-refractivity contribution in [3.05, 3.63) is 32.7 Å². The van der Waals surface area contributed by atoms with Gasteiger partial charge in [0.2, 0.25) is 0 Å². The van der Waals surface area contributed by atoms with Crippen molar-refractivity contribution in [1.29, 1.82) is 0 Å². The van der Waals surface area contributed by atoms with Gasteiger partial charge in [0.25, 0.3) is 5.56 Å². The average molecular weight is 344 g/mol. The van der Waals surface area contributed by atoms with Gasteiger partial charge < -0.3 is 14.0 Å². The minimum atomic E-state index is -0.446. The fraction of sp³-hybridized carbons (Fsp3) is 0.571. The van der Waals surface area contributed by atoms with Crippen LogP contribution in [0.5, 0.6) is 0 Å². The number of rotatable bonds is 3. The van der Waals surface area contributed by atoms with Crippen LogP contribution in [0.3, 0.4) is 0 Å². The summed E-state index contributed by atoms with van der Waals surface area (Å²) in [6, 6.07) is 1.56. The molecule has 1 aliphatic carbocycles. The number of nitrogens with zero attached hydrogens (tertiary/aromatic N) is 1. The average Bonchev–Trinajstić information content (AvgIpc) is 2.49. The number of hydrogen-bond donors (Lipinski definition) is 0.